The number of aromatic nitrogens is 2. The number of ether oxygens (including phenoxy) is 1. The number of benzene rings is 2. The predicted molar refractivity (Wildman–Crippen MR) is 136 cm³/mol. The van der Waals surface area contributed by atoms with E-state index >= 15 is 0 Å². The maximum atomic E-state index is 13.4. The maximum absolute atomic E-state index is 13.4. The summed E-state index contributed by atoms with van der Waals surface area (Å²) in [5.74, 6) is 1.93. The molecule has 35 heavy (non-hydrogen) atoms. The molecule has 5 rings (SSSR count). The number of anilines is 1. The summed E-state index contributed by atoms with van der Waals surface area (Å²) in [7, 11) is 1.66. The van der Waals surface area contributed by atoms with Gasteiger partial charge in [0.25, 0.3) is 0 Å². The summed E-state index contributed by atoms with van der Waals surface area (Å²) in [6, 6.07) is 18.1. The highest BCUT2D eigenvalue weighted by molar-refractivity contribution is 6.10. The summed E-state index contributed by atoms with van der Waals surface area (Å²) in [5, 5.41) is 5.11. The first-order valence-corrected chi connectivity index (χ1v) is 12.4. The minimum Gasteiger partial charge on any atom is -0.497 e. The zero-order valence-electron chi connectivity index (χ0n) is 21.0. The first-order chi connectivity index (χ1) is 16.7. The largest absolute Gasteiger partial charge is 0.497 e. The van der Waals surface area contributed by atoms with Crippen molar-refractivity contribution in [1.82, 2.24) is 9.78 Å². The van der Waals surface area contributed by atoms with Gasteiger partial charge in [-0.25, -0.2) is 4.68 Å². The van der Waals surface area contributed by atoms with Crippen LogP contribution in [0.3, 0.4) is 0 Å². The van der Waals surface area contributed by atoms with Crippen molar-refractivity contribution in [3.05, 3.63) is 71.4 Å². The molecule has 0 radical (unpaired) electrons. The van der Waals surface area contributed by atoms with Crippen LogP contribution < -0.4 is 9.64 Å². The molecule has 0 bridgehead atoms. The summed E-state index contributed by atoms with van der Waals surface area (Å²) in [5.41, 5.74) is 2.78. The van der Waals surface area contributed by atoms with Crippen molar-refractivity contribution in [1.29, 1.82) is 0 Å². The molecule has 1 saturated carbocycles. The second-order valence-corrected chi connectivity index (χ2v) is 10.8. The lowest BCUT2D eigenvalue weighted by Crippen LogP contribution is -2.55. The lowest BCUT2D eigenvalue weighted by molar-refractivity contribution is -0.143. The van der Waals surface area contributed by atoms with Crippen molar-refractivity contribution in [2.45, 2.75) is 58.4 Å². The van der Waals surface area contributed by atoms with Crippen molar-refractivity contribution in [2.75, 3.05) is 18.6 Å². The first kappa shape index (κ1) is 23.3. The molecule has 0 atom stereocenters. The minimum absolute atomic E-state index is 0.0754. The highest BCUT2D eigenvalue weighted by atomic mass is 16.5. The van der Waals surface area contributed by atoms with Crippen LogP contribution in [0.2, 0.25) is 0 Å². The summed E-state index contributed by atoms with van der Waals surface area (Å²) < 4.78 is 7.34. The molecule has 1 spiro atoms. The average Bonchev–Trinajstić information content (AvgIpc) is 3.24. The van der Waals surface area contributed by atoms with E-state index in [1.165, 1.54) is 0 Å². The Morgan fingerprint density at radius 2 is 1.63 bits per heavy atom. The molecule has 1 aromatic heterocycles. The Bertz CT molecular complexity index is 1240. The molecule has 1 aliphatic carbocycles. The molecule has 6 heteroatoms. The number of Topliss-reactive ketones (excluding diaryl/α,β-unsaturated/α-hetero) is 2. The number of hydrogen-bond donors (Lipinski definition) is 0. The van der Waals surface area contributed by atoms with Crippen molar-refractivity contribution >= 4 is 17.4 Å². The summed E-state index contributed by atoms with van der Waals surface area (Å²) in [6.45, 7) is 7.38. The SMILES string of the molecule is COc1ccc(CN2CC3(Cc4c(C(C)(C)C)nn(-c5ccccc5)c42)C(=O)CCCC3=O)cc1. The smallest absolute Gasteiger partial charge is 0.148 e. The monoisotopic (exact) mass is 471 g/mol. The second kappa shape index (κ2) is 8.67. The fraction of sp³-hybridized carbons (Fsp3) is 0.414. The zero-order chi connectivity index (χ0) is 24.8. The highest BCUT2D eigenvalue weighted by Crippen LogP contribution is 2.46. The third-order valence-corrected chi connectivity index (χ3v) is 7.31. The van der Waals surface area contributed by atoms with E-state index in [4.69, 9.17) is 9.84 Å². The van der Waals surface area contributed by atoms with E-state index in [1.54, 1.807) is 7.11 Å². The average molecular weight is 472 g/mol. The second-order valence-electron chi connectivity index (χ2n) is 10.8. The van der Waals surface area contributed by atoms with Crippen LogP contribution in [0, 0.1) is 5.41 Å². The van der Waals surface area contributed by atoms with Gasteiger partial charge in [-0.3, -0.25) is 9.59 Å². The third kappa shape index (κ3) is 4.05. The van der Waals surface area contributed by atoms with Gasteiger partial charge in [0, 0.05) is 36.9 Å². The Hall–Kier alpha value is -3.41. The third-order valence-electron chi connectivity index (χ3n) is 7.31. The molecule has 182 valence electrons. The molecule has 3 aromatic rings. The number of methoxy groups -OCH3 is 1. The van der Waals surface area contributed by atoms with Crippen LogP contribution in [0.15, 0.2) is 54.6 Å². The molecular weight excluding hydrogens is 438 g/mol. The Labute approximate surface area is 206 Å². The van der Waals surface area contributed by atoms with Gasteiger partial charge in [-0.2, -0.15) is 5.10 Å². The van der Waals surface area contributed by atoms with Crippen molar-refractivity contribution < 1.29 is 14.3 Å². The summed E-state index contributed by atoms with van der Waals surface area (Å²) >= 11 is 0. The first-order valence-electron chi connectivity index (χ1n) is 12.4. The summed E-state index contributed by atoms with van der Waals surface area (Å²) in [4.78, 5) is 29.0. The van der Waals surface area contributed by atoms with E-state index in [1.807, 2.05) is 59.3 Å². The molecule has 0 unspecified atom stereocenters. The fourth-order valence-electron chi connectivity index (χ4n) is 5.54. The van der Waals surface area contributed by atoms with Crippen LogP contribution in [0.25, 0.3) is 5.69 Å². The molecule has 1 aliphatic heterocycles. The number of hydrogen-bond acceptors (Lipinski definition) is 5. The van der Waals surface area contributed by atoms with Gasteiger partial charge < -0.3 is 9.64 Å². The molecule has 2 heterocycles. The molecule has 1 fully saturated rings. The summed E-state index contributed by atoms with van der Waals surface area (Å²) in [6.07, 6.45) is 2.02. The Morgan fingerprint density at radius 3 is 2.23 bits per heavy atom. The Balaban J connectivity index is 1.70. The van der Waals surface area contributed by atoms with E-state index in [0.29, 0.717) is 38.8 Å². The van der Waals surface area contributed by atoms with Crippen molar-refractivity contribution in [3.8, 4) is 11.4 Å². The normalized spacial score (nSPS) is 17.5. The van der Waals surface area contributed by atoms with Crippen LogP contribution in [-0.2, 0) is 28.0 Å². The van der Waals surface area contributed by atoms with Crippen LogP contribution in [0.4, 0.5) is 5.82 Å². The quantitative estimate of drug-likeness (QED) is 0.498. The molecule has 2 aliphatic rings. The molecular formula is C29H33N3O3. The maximum Gasteiger partial charge on any atom is 0.148 e. The van der Waals surface area contributed by atoms with Gasteiger partial charge in [0.2, 0.25) is 0 Å². The van der Waals surface area contributed by atoms with Gasteiger partial charge in [0.05, 0.1) is 18.5 Å². The van der Waals surface area contributed by atoms with Gasteiger partial charge in [-0.15, -0.1) is 0 Å². The molecule has 0 saturated heterocycles. The van der Waals surface area contributed by atoms with Gasteiger partial charge in [-0.1, -0.05) is 51.1 Å². The van der Waals surface area contributed by atoms with Crippen LogP contribution in [-0.4, -0.2) is 35.0 Å². The standard InChI is InChI=1S/C29H33N3O3/c1-28(2,3)26-23-17-29(24(33)11-8-12-25(29)34)19-31(18-20-13-15-22(35-4)16-14-20)27(23)32(30-26)21-9-6-5-7-10-21/h5-7,9-10,13-16H,8,11-12,17-19H2,1-4H3. The number of carbonyl (C=O) groups is 2. The van der Waals surface area contributed by atoms with Crippen molar-refractivity contribution in [2.24, 2.45) is 5.41 Å². The number of carbonyl (C=O) groups excluding carboxylic acids is 2. The van der Waals surface area contributed by atoms with Gasteiger partial charge >= 0.3 is 0 Å². The lowest BCUT2D eigenvalue weighted by Gasteiger charge is -2.44. The van der Waals surface area contributed by atoms with E-state index < -0.39 is 5.41 Å². The number of para-hydroxylation sites is 1. The molecule has 2 aromatic carbocycles. The van der Waals surface area contributed by atoms with Crippen LogP contribution in [0.1, 0.15) is 56.9 Å². The van der Waals surface area contributed by atoms with Gasteiger partial charge in [0.1, 0.15) is 28.5 Å². The van der Waals surface area contributed by atoms with Gasteiger partial charge in [-0.05, 0) is 42.7 Å². The number of fused-ring (bicyclic) bond motifs is 1. The number of rotatable bonds is 4. The zero-order valence-corrected chi connectivity index (χ0v) is 21.0. The topological polar surface area (TPSA) is 64.4 Å². The van der Waals surface area contributed by atoms with E-state index in [9.17, 15) is 9.59 Å². The molecule has 0 N–H and O–H groups in total. The van der Waals surface area contributed by atoms with Crippen LogP contribution in [0.5, 0.6) is 5.75 Å². The lowest BCUT2D eigenvalue weighted by atomic mass is 9.65. The number of nitrogens with zero attached hydrogens (tertiary/aromatic N) is 3. The molecule has 0 amide bonds. The Morgan fingerprint density at radius 1 is 0.971 bits per heavy atom. The van der Waals surface area contributed by atoms with E-state index in [2.05, 4.69) is 25.7 Å². The minimum atomic E-state index is -0.998. The molecule has 6 nitrogen and oxygen atoms in total. The highest BCUT2D eigenvalue weighted by Gasteiger charge is 2.53. The Kier molecular flexibility index (Phi) is 5.78. The fourth-order valence-corrected chi connectivity index (χ4v) is 5.54. The van der Waals surface area contributed by atoms with Crippen molar-refractivity contribution in [3.63, 3.8) is 0 Å². The van der Waals surface area contributed by atoms with E-state index in [-0.39, 0.29) is 17.0 Å². The van der Waals surface area contributed by atoms with Crippen LogP contribution >= 0.6 is 0 Å². The van der Waals surface area contributed by atoms with Gasteiger partial charge in [0.15, 0.2) is 0 Å². The van der Waals surface area contributed by atoms with E-state index in [0.717, 1.165) is 34.1 Å². The predicted octanol–water partition coefficient (Wildman–Crippen LogP) is 5.05. The number of ketones is 2.